The van der Waals surface area contributed by atoms with Crippen LogP contribution in [0.4, 0.5) is 11.6 Å². The number of Topliss-reactive ketones (excluding diaryl/α,β-unsaturated/α-hetero) is 1. The highest BCUT2D eigenvalue weighted by molar-refractivity contribution is 5.78. The fraction of sp³-hybridized carbons (Fsp3) is 0.292. The van der Waals surface area contributed by atoms with Gasteiger partial charge in [0.2, 0.25) is 5.95 Å². The van der Waals surface area contributed by atoms with E-state index in [0.29, 0.717) is 18.4 Å². The van der Waals surface area contributed by atoms with Gasteiger partial charge in [-0.25, -0.2) is 9.97 Å². The lowest BCUT2D eigenvalue weighted by atomic mass is 10.1. The van der Waals surface area contributed by atoms with Crippen molar-refractivity contribution in [2.45, 2.75) is 45.1 Å². The Bertz CT molecular complexity index is 1210. The van der Waals surface area contributed by atoms with E-state index in [1.807, 2.05) is 24.3 Å². The van der Waals surface area contributed by atoms with Crippen LogP contribution in [0.25, 0.3) is 22.6 Å². The molecule has 1 fully saturated rings. The second kappa shape index (κ2) is 8.26. The number of imidazole rings is 1. The number of hydrogen-bond acceptors (Lipinski definition) is 6. The van der Waals surface area contributed by atoms with Gasteiger partial charge in [-0.3, -0.25) is 4.98 Å². The molecule has 0 bridgehead atoms. The number of pyridine rings is 1. The fourth-order valence-corrected chi connectivity index (χ4v) is 3.76. The molecule has 7 nitrogen and oxygen atoms in total. The molecule has 1 aliphatic carbocycles. The first-order valence-corrected chi connectivity index (χ1v) is 10.7. The standard InChI is InChI=1S/C24H24N6O/c1-16(31)3-2-4-17-5-7-19(8-6-17)27-24-26-15-21-23(29-24)30(20-9-10-20)22(28-21)18-11-13-25-14-12-18/h5-8,11-15,20H,2-4,9-10H2,1H3,(H,26,27,29). The normalized spacial score (nSPS) is 13.5. The van der Waals surface area contributed by atoms with Gasteiger partial charge in [-0.2, -0.15) is 4.98 Å². The van der Waals surface area contributed by atoms with E-state index in [0.717, 1.165) is 53.9 Å². The number of carbonyl (C=O) groups excluding carboxylic acids is 1. The van der Waals surface area contributed by atoms with Gasteiger partial charge in [0.1, 0.15) is 17.1 Å². The van der Waals surface area contributed by atoms with Crippen LogP contribution in [0, 0.1) is 0 Å². The summed E-state index contributed by atoms with van der Waals surface area (Å²) < 4.78 is 2.23. The second-order valence-electron chi connectivity index (χ2n) is 8.05. The minimum atomic E-state index is 0.239. The van der Waals surface area contributed by atoms with Crippen LogP contribution in [0.15, 0.2) is 55.0 Å². The zero-order chi connectivity index (χ0) is 21.2. The van der Waals surface area contributed by atoms with Crippen LogP contribution in [-0.4, -0.2) is 30.3 Å². The predicted molar refractivity (Wildman–Crippen MR) is 120 cm³/mol. The zero-order valence-electron chi connectivity index (χ0n) is 17.5. The Balaban J connectivity index is 1.39. The molecule has 3 heterocycles. The first-order valence-electron chi connectivity index (χ1n) is 10.7. The quantitative estimate of drug-likeness (QED) is 0.444. The lowest BCUT2D eigenvalue weighted by Crippen LogP contribution is -2.02. The number of hydrogen-bond donors (Lipinski definition) is 1. The molecule has 3 aromatic heterocycles. The van der Waals surface area contributed by atoms with Crippen LogP contribution in [0.1, 0.15) is 44.2 Å². The molecule has 5 rings (SSSR count). The third-order valence-corrected chi connectivity index (χ3v) is 5.49. The maximum atomic E-state index is 11.1. The molecule has 4 aromatic rings. The highest BCUT2D eigenvalue weighted by atomic mass is 16.1. The van der Waals surface area contributed by atoms with Crippen LogP contribution < -0.4 is 5.32 Å². The minimum absolute atomic E-state index is 0.239. The van der Waals surface area contributed by atoms with Crippen molar-refractivity contribution in [2.75, 3.05) is 5.32 Å². The molecule has 31 heavy (non-hydrogen) atoms. The fourth-order valence-electron chi connectivity index (χ4n) is 3.76. The summed E-state index contributed by atoms with van der Waals surface area (Å²) in [7, 11) is 0. The Hall–Kier alpha value is -3.61. The summed E-state index contributed by atoms with van der Waals surface area (Å²) in [5.74, 6) is 1.71. The zero-order valence-corrected chi connectivity index (χ0v) is 17.5. The molecular weight excluding hydrogens is 388 g/mol. The molecular formula is C24H24N6O. The molecule has 0 saturated heterocycles. The molecule has 156 valence electrons. The van der Waals surface area contributed by atoms with Crippen molar-refractivity contribution in [2.24, 2.45) is 0 Å². The monoisotopic (exact) mass is 412 g/mol. The Morgan fingerprint density at radius 1 is 1.10 bits per heavy atom. The van der Waals surface area contributed by atoms with Crippen molar-refractivity contribution in [1.29, 1.82) is 0 Å². The molecule has 0 amide bonds. The van der Waals surface area contributed by atoms with Gasteiger partial charge in [0.05, 0.1) is 6.20 Å². The van der Waals surface area contributed by atoms with Crippen molar-refractivity contribution >= 4 is 28.6 Å². The molecule has 1 saturated carbocycles. The van der Waals surface area contributed by atoms with E-state index < -0.39 is 0 Å². The predicted octanol–water partition coefficient (Wildman–Crippen LogP) is 4.88. The van der Waals surface area contributed by atoms with Gasteiger partial charge in [0.15, 0.2) is 5.65 Å². The number of rotatable bonds is 8. The van der Waals surface area contributed by atoms with Gasteiger partial charge < -0.3 is 14.7 Å². The molecule has 0 radical (unpaired) electrons. The molecule has 0 atom stereocenters. The van der Waals surface area contributed by atoms with Gasteiger partial charge in [0.25, 0.3) is 0 Å². The number of aryl methyl sites for hydroxylation is 1. The van der Waals surface area contributed by atoms with Crippen LogP contribution in [0.5, 0.6) is 0 Å². The van der Waals surface area contributed by atoms with Gasteiger partial charge in [-0.1, -0.05) is 12.1 Å². The first-order chi connectivity index (χ1) is 15.2. The van der Waals surface area contributed by atoms with Crippen LogP contribution in [0.3, 0.4) is 0 Å². The van der Waals surface area contributed by atoms with Crippen molar-refractivity contribution < 1.29 is 4.79 Å². The lowest BCUT2D eigenvalue weighted by molar-refractivity contribution is -0.117. The summed E-state index contributed by atoms with van der Waals surface area (Å²) in [6.07, 6.45) is 10.0. The summed E-state index contributed by atoms with van der Waals surface area (Å²) in [6, 6.07) is 12.6. The number of nitrogens with zero attached hydrogens (tertiary/aromatic N) is 5. The third kappa shape index (κ3) is 4.30. The van der Waals surface area contributed by atoms with Crippen molar-refractivity contribution in [3.8, 4) is 11.4 Å². The second-order valence-corrected chi connectivity index (χ2v) is 8.05. The maximum Gasteiger partial charge on any atom is 0.229 e. The maximum absolute atomic E-state index is 11.1. The molecule has 0 unspecified atom stereocenters. The van der Waals surface area contributed by atoms with Crippen LogP contribution in [-0.2, 0) is 11.2 Å². The minimum Gasteiger partial charge on any atom is -0.324 e. The molecule has 0 aliphatic heterocycles. The van der Waals surface area contributed by atoms with E-state index in [9.17, 15) is 4.79 Å². The summed E-state index contributed by atoms with van der Waals surface area (Å²) in [5, 5.41) is 3.31. The van der Waals surface area contributed by atoms with Gasteiger partial charge in [-0.05, 0) is 62.4 Å². The van der Waals surface area contributed by atoms with Crippen LogP contribution in [0.2, 0.25) is 0 Å². The topological polar surface area (TPSA) is 85.6 Å². The third-order valence-electron chi connectivity index (χ3n) is 5.49. The molecule has 1 aliphatic rings. The Labute approximate surface area is 180 Å². The molecule has 0 spiro atoms. The van der Waals surface area contributed by atoms with Gasteiger partial charge in [0, 0.05) is 36.1 Å². The molecule has 1 N–H and O–H groups in total. The van der Waals surface area contributed by atoms with Crippen molar-refractivity contribution in [3.05, 3.63) is 60.6 Å². The summed E-state index contributed by atoms with van der Waals surface area (Å²) in [5.41, 5.74) is 4.84. The Morgan fingerprint density at radius 3 is 2.58 bits per heavy atom. The van der Waals surface area contributed by atoms with E-state index in [2.05, 4.69) is 32.0 Å². The Morgan fingerprint density at radius 2 is 1.87 bits per heavy atom. The van der Waals surface area contributed by atoms with E-state index in [1.165, 1.54) is 5.56 Å². The number of aromatic nitrogens is 5. The van der Waals surface area contributed by atoms with Gasteiger partial charge in [-0.15, -0.1) is 0 Å². The van der Waals surface area contributed by atoms with Gasteiger partial charge >= 0.3 is 0 Å². The largest absolute Gasteiger partial charge is 0.324 e. The summed E-state index contributed by atoms with van der Waals surface area (Å²) in [6.45, 7) is 1.64. The van der Waals surface area contributed by atoms with Crippen molar-refractivity contribution in [1.82, 2.24) is 24.5 Å². The van der Waals surface area contributed by atoms with Crippen LogP contribution >= 0.6 is 0 Å². The number of fused-ring (bicyclic) bond motifs is 1. The Kier molecular flexibility index (Phi) is 5.16. The van der Waals surface area contributed by atoms with E-state index in [-0.39, 0.29) is 5.78 Å². The molecule has 7 heteroatoms. The number of benzene rings is 1. The smallest absolute Gasteiger partial charge is 0.229 e. The van der Waals surface area contributed by atoms with E-state index in [1.54, 1.807) is 25.5 Å². The highest BCUT2D eigenvalue weighted by Crippen LogP contribution is 2.40. The number of carbonyl (C=O) groups is 1. The van der Waals surface area contributed by atoms with E-state index in [4.69, 9.17) is 9.97 Å². The summed E-state index contributed by atoms with van der Waals surface area (Å²) in [4.78, 5) is 29.3. The van der Waals surface area contributed by atoms with Crippen molar-refractivity contribution in [3.63, 3.8) is 0 Å². The lowest BCUT2D eigenvalue weighted by Gasteiger charge is -2.08. The molecule has 1 aromatic carbocycles. The first kappa shape index (κ1) is 19.4. The average molecular weight is 412 g/mol. The van der Waals surface area contributed by atoms with E-state index >= 15 is 0 Å². The number of anilines is 2. The SMILES string of the molecule is CC(=O)CCCc1ccc(Nc2ncc3nc(-c4ccncc4)n(C4CC4)c3n2)cc1. The summed E-state index contributed by atoms with van der Waals surface area (Å²) >= 11 is 0. The number of ketones is 1. The number of nitrogens with one attached hydrogen (secondary N) is 1. The average Bonchev–Trinajstić information content (AvgIpc) is 3.55. The highest BCUT2D eigenvalue weighted by Gasteiger charge is 2.29.